The molecule has 1 aliphatic carbocycles. The number of carbonyl (C=O) groups excluding carboxylic acids is 1. The molecule has 2 rings (SSSR count). The van der Waals surface area contributed by atoms with Crippen LogP contribution in [-0.4, -0.2) is 23.4 Å². The molecule has 1 saturated heterocycles. The number of nitrogens with one attached hydrogen (secondary N) is 2. The number of ketones is 1. The van der Waals surface area contributed by atoms with Gasteiger partial charge in [0.15, 0.2) is 5.78 Å². The molecule has 0 aromatic heterocycles. The van der Waals surface area contributed by atoms with Crippen molar-refractivity contribution in [1.29, 1.82) is 0 Å². The molecule has 0 radical (unpaired) electrons. The van der Waals surface area contributed by atoms with Gasteiger partial charge in [-0.15, -0.1) is 0 Å². The number of allylic oxidation sites excluding steroid dienone is 2. The second-order valence-corrected chi connectivity index (χ2v) is 3.46. The van der Waals surface area contributed by atoms with E-state index in [0.717, 1.165) is 5.70 Å². The summed E-state index contributed by atoms with van der Waals surface area (Å²) in [5, 5.41) is 1.78. The summed E-state index contributed by atoms with van der Waals surface area (Å²) < 4.78 is 2.77. The highest BCUT2D eigenvalue weighted by Crippen LogP contribution is 2.16. The number of carbonyl (C=O) groups is 1. The van der Waals surface area contributed by atoms with E-state index in [4.69, 9.17) is 0 Å². The molecular formula is C9H8IN3O. The fraction of sp³-hybridized carbons (Fsp3) is 0.222. The molecule has 2 aliphatic rings. The van der Waals surface area contributed by atoms with Crippen LogP contribution in [-0.2, 0) is 4.79 Å². The summed E-state index contributed by atoms with van der Waals surface area (Å²) >= 11 is 1.98. The largest absolute Gasteiger partial charge is 0.310 e. The van der Waals surface area contributed by atoms with E-state index in [-0.39, 0.29) is 11.8 Å². The molecule has 72 valence electrons. The van der Waals surface area contributed by atoms with Gasteiger partial charge in [-0.2, -0.15) is 10.5 Å². The number of nitrogens with zero attached hydrogens (tertiary/aromatic N) is 1. The quantitative estimate of drug-likeness (QED) is 0.532. The number of hydrogen-bond acceptors (Lipinski definition) is 4. The maximum atomic E-state index is 11.5. The molecule has 4 nitrogen and oxygen atoms in total. The summed E-state index contributed by atoms with van der Waals surface area (Å²) in [5.41, 5.74) is 6.74. The second kappa shape index (κ2) is 4.13. The smallest absolute Gasteiger partial charge is 0.180 e. The summed E-state index contributed by atoms with van der Waals surface area (Å²) in [6, 6.07) is -0.239. The Balaban J connectivity index is 2.16. The van der Waals surface area contributed by atoms with Crippen LogP contribution >= 0.6 is 22.6 Å². The fourth-order valence-corrected chi connectivity index (χ4v) is 1.63. The van der Waals surface area contributed by atoms with E-state index in [1.807, 2.05) is 28.7 Å². The SMILES string of the molecule is O=C1C=CC=C2NNN(CC#CI)C12. The van der Waals surface area contributed by atoms with Crippen LogP contribution in [0.15, 0.2) is 23.9 Å². The van der Waals surface area contributed by atoms with Gasteiger partial charge in [-0.1, -0.05) is 12.0 Å². The summed E-state index contributed by atoms with van der Waals surface area (Å²) in [6.45, 7) is 0.525. The van der Waals surface area contributed by atoms with Crippen molar-refractivity contribution in [3.63, 3.8) is 0 Å². The lowest BCUT2D eigenvalue weighted by Crippen LogP contribution is -2.43. The van der Waals surface area contributed by atoms with Gasteiger partial charge in [0.05, 0.1) is 12.2 Å². The molecule has 0 bridgehead atoms. The third-order valence-electron chi connectivity index (χ3n) is 2.07. The van der Waals surface area contributed by atoms with Crippen molar-refractivity contribution in [3.05, 3.63) is 23.9 Å². The van der Waals surface area contributed by atoms with Gasteiger partial charge in [-0.3, -0.25) is 4.79 Å². The molecule has 1 atom stereocenters. The Hall–Kier alpha value is -0.840. The normalized spacial score (nSPS) is 24.8. The standard InChI is InChI=1S/C9H8IN3O/c10-5-2-6-13-9-7(11-12-13)3-1-4-8(9)14/h1,3-4,9,11-12H,6H2. The number of fused-ring (bicyclic) bond motifs is 1. The minimum Gasteiger partial charge on any atom is -0.310 e. The second-order valence-electron chi connectivity index (χ2n) is 2.92. The van der Waals surface area contributed by atoms with E-state index in [1.54, 1.807) is 17.2 Å². The highest BCUT2D eigenvalue weighted by atomic mass is 127. The Bertz CT molecular complexity index is 377. The van der Waals surface area contributed by atoms with Gasteiger partial charge in [0.2, 0.25) is 0 Å². The Morgan fingerprint density at radius 3 is 3.29 bits per heavy atom. The molecule has 5 heteroatoms. The van der Waals surface area contributed by atoms with Gasteiger partial charge in [-0.25, -0.2) is 0 Å². The average Bonchev–Trinajstić information content (AvgIpc) is 2.59. The lowest BCUT2D eigenvalue weighted by molar-refractivity contribution is -0.118. The highest BCUT2D eigenvalue weighted by Gasteiger charge is 2.34. The number of rotatable bonds is 1. The van der Waals surface area contributed by atoms with Gasteiger partial charge < -0.3 is 5.43 Å². The Kier molecular flexibility index (Phi) is 2.86. The molecule has 0 saturated carbocycles. The molecule has 1 heterocycles. The molecule has 2 N–H and O–H groups in total. The third kappa shape index (κ3) is 1.68. The third-order valence-corrected chi connectivity index (χ3v) is 2.45. The first kappa shape index (κ1) is 9.71. The zero-order chi connectivity index (χ0) is 9.97. The molecule has 0 spiro atoms. The van der Waals surface area contributed by atoms with Crippen LogP contribution in [0.25, 0.3) is 0 Å². The van der Waals surface area contributed by atoms with E-state index >= 15 is 0 Å². The van der Waals surface area contributed by atoms with Gasteiger partial charge in [0, 0.05) is 22.6 Å². The molecule has 1 fully saturated rings. The number of hydrazine groups is 2. The summed E-state index contributed by atoms with van der Waals surface area (Å²) in [4.78, 5) is 11.5. The van der Waals surface area contributed by atoms with Crippen LogP contribution < -0.4 is 11.0 Å². The van der Waals surface area contributed by atoms with Crippen LogP contribution in [0.2, 0.25) is 0 Å². The van der Waals surface area contributed by atoms with Crippen LogP contribution in [0.3, 0.4) is 0 Å². The minimum absolute atomic E-state index is 0.0789. The molecule has 1 aliphatic heterocycles. The van der Waals surface area contributed by atoms with Crippen LogP contribution in [0.1, 0.15) is 0 Å². The van der Waals surface area contributed by atoms with E-state index in [0.29, 0.717) is 6.54 Å². The predicted molar refractivity (Wildman–Crippen MR) is 60.8 cm³/mol. The van der Waals surface area contributed by atoms with Gasteiger partial charge >= 0.3 is 0 Å². The van der Waals surface area contributed by atoms with E-state index < -0.39 is 0 Å². The van der Waals surface area contributed by atoms with Crippen molar-refractivity contribution in [2.45, 2.75) is 6.04 Å². The lowest BCUT2D eigenvalue weighted by Gasteiger charge is -2.18. The zero-order valence-electron chi connectivity index (χ0n) is 7.25. The molecule has 0 aromatic rings. The van der Waals surface area contributed by atoms with Crippen LogP contribution in [0, 0.1) is 9.85 Å². The number of halogens is 1. The van der Waals surface area contributed by atoms with Crippen molar-refractivity contribution < 1.29 is 4.79 Å². The summed E-state index contributed by atoms with van der Waals surface area (Å²) in [5.74, 6) is 2.98. The summed E-state index contributed by atoms with van der Waals surface area (Å²) in [6.07, 6.45) is 5.21. The van der Waals surface area contributed by atoms with Crippen molar-refractivity contribution in [3.8, 4) is 9.85 Å². The van der Waals surface area contributed by atoms with Crippen molar-refractivity contribution in [1.82, 2.24) is 16.0 Å². The van der Waals surface area contributed by atoms with Gasteiger partial charge in [0.25, 0.3) is 0 Å². The van der Waals surface area contributed by atoms with Gasteiger partial charge in [-0.05, 0) is 16.1 Å². The molecule has 1 unspecified atom stereocenters. The summed E-state index contributed by atoms with van der Waals surface area (Å²) in [7, 11) is 0. The Morgan fingerprint density at radius 2 is 2.50 bits per heavy atom. The highest BCUT2D eigenvalue weighted by molar-refractivity contribution is 14.1. The number of hydrogen-bond donors (Lipinski definition) is 2. The lowest BCUT2D eigenvalue weighted by atomic mass is 10.0. The molecule has 0 aromatic carbocycles. The molecular weight excluding hydrogens is 293 g/mol. The van der Waals surface area contributed by atoms with Crippen LogP contribution in [0.5, 0.6) is 0 Å². The fourth-order valence-electron chi connectivity index (χ4n) is 1.46. The maximum absolute atomic E-state index is 11.5. The first-order chi connectivity index (χ1) is 6.83. The Morgan fingerprint density at radius 1 is 1.64 bits per heavy atom. The van der Waals surface area contributed by atoms with E-state index in [9.17, 15) is 4.79 Å². The first-order valence-corrected chi connectivity index (χ1v) is 5.19. The minimum atomic E-state index is -0.239. The van der Waals surface area contributed by atoms with Crippen molar-refractivity contribution in [2.24, 2.45) is 0 Å². The molecule has 14 heavy (non-hydrogen) atoms. The van der Waals surface area contributed by atoms with Gasteiger partial charge in [0.1, 0.15) is 6.04 Å². The predicted octanol–water partition coefficient (Wildman–Crippen LogP) is 0.0985. The zero-order valence-corrected chi connectivity index (χ0v) is 9.41. The monoisotopic (exact) mass is 301 g/mol. The van der Waals surface area contributed by atoms with Crippen molar-refractivity contribution >= 4 is 28.4 Å². The van der Waals surface area contributed by atoms with E-state index in [1.165, 1.54) is 0 Å². The topological polar surface area (TPSA) is 44.4 Å². The van der Waals surface area contributed by atoms with Crippen LogP contribution in [0.4, 0.5) is 0 Å². The molecule has 0 amide bonds. The average molecular weight is 301 g/mol. The Labute approximate surface area is 95.5 Å². The van der Waals surface area contributed by atoms with E-state index in [2.05, 4.69) is 20.8 Å². The first-order valence-electron chi connectivity index (χ1n) is 4.12. The van der Waals surface area contributed by atoms with Crippen molar-refractivity contribution in [2.75, 3.05) is 6.54 Å². The maximum Gasteiger partial charge on any atom is 0.180 e.